The summed E-state index contributed by atoms with van der Waals surface area (Å²) in [7, 11) is 0. The van der Waals surface area contributed by atoms with Gasteiger partial charge in [-0.1, -0.05) is 23.7 Å². The van der Waals surface area contributed by atoms with Crippen LogP contribution in [0.5, 0.6) is 0 Å². The van der Waals surface area contributed by atoms with Gasteiger partial charge in [-0.15, -0.1) is 0 Å². The van der Waals surface area contributed by atoms with Crippen molar-refractivity contribution in [3.05, 3.63) is 59.0 Å². The molecule has 0 aliphatic rings. The van der Waals surface area contributed by atoms with E-state index in [9.17, 15) is 4.79 Å². The fourth-order valence-electron chi connectivity index (χ4n) is 1.50. The van der Waals surface area contributed by atoms with Gasteiger partial charge in [0, 0.05) is 5.02 Å². The van der Waals surface area contributed by atoms with E-state index in [0.29, 0.717) is 10.6 Å². The van der Waals surface area contributed by atoms with Gasteiger partial charge < -0.3 is 4.42 Å². The average Bonchev–Trinajstić information content (AvgIpc) is 2.86. The van der Waals surface area contributed by atoms with Crippen molar-refractivity contribution in [2.75, 3.05) is 0 Å². The number of benzene rings is 1. The van der Waals surface area contributed by atoms with Crippen molar-refractivity contribution in [3.8, 4) is 6.07 Å². The third-order valence-corrected chi connectivity index (χ3v) is 2.61. The van der Waals surface area contributed by atoms with E-state index in [-0.39, 0.29) is 11.5 Å². The zero-order valence-electron chi connectivity index (χ0n) is 8.76. The summed E-state index contributed by atoms with van der Waals surface area (Å²) in [4.78, 5) is 12.0. The van der Waals surface area contributed by atoms with Gasteiger partial charge in [0.05, 0.1) is 12.3 Å². The van der Waals surface area contributed by atoms with Gasteiger partial charge in [0.1, 0.15) is 5.92 Å². The molecule has 2 rings (SSSR count). The highest BCUT2D eigenvalue weighted by Crippen LogP contribution is 2.22. The second kappa shape index (κ2) is 4.86. The van der Waals surface area contributed by atoms with E-state index < -0.39 is 5.92 Å². The Morgan fingerprint density at radius 1 is 1.29 bits per heavy atom. The van der Waals surface area contributed by atoms with Gasteiger partial charge in [-0.05, 0) is 29.8 Å². The lowest BCUT2D eigenvalue weighted by atomic mass is 9.95. The normalized spacial score (nSPS) is 11.8. The summed E-state index contributed by atoms with van der Waals surface area (Å²) in [5.74, 6) is -1.02. The molecule has 0 aliphatic carbocycles. The Labute approximate surface area is 103 Å². The maximum Gasteiger partial charge on any atom is 0.219 e. The number of hydrogen-bond donors (Lipinski definition) is 0. The van der Waals surface area contributed by atoms with Gasteiger partial charge in [0.15, 0.2) is 5.76 Å². The third kappa shape index (κ3) is 2.38. The molecule has 0 saturated carbocycles. The Bertz CT molecular complexity index is 552. The molecule has 0 saturated heterocycles. The average molecular weight is 246 g/mol. The number of Topliss-reactive ketones (excluding diaryl/α,β-unsaturated/α-hetero) is 1. The van der Waals surface area contributed by atoms with Crippen LogP contribution in [-0.4, -0.2) is 5.78 Å². The third-order valence-electron chi connectivity index (χ3n) is 2.36. The molecule has 0 unspecified atom stereocenters. The maximum absolute atomic E-state index is 12.0. The number of carbonyl (C=O) groups is 1. The largest absolute Gasteiger partial charge is 0.461 e. The van der Waals surface area contributed by atoms with Crippen LogP contribution in [0.1, 0.15) is 22.0 Å². The molecule has 3 nitrogen and oxygen atoms in total. The van der Waals surface area contributed by atoms with Crippen LogP contribution in [0.3, 0.4) is 0 Å². The van der Waals surface area contributed by atoms with Crippen molar-refractivity contribution in [1.29, 1.82) is 5.26 Å². The van der Waals surface area contributed by atoms with E-state index in [1.165, 1.54) is 6.26 Å². The van der Waals surface area contributed by atoms with Crippen molar-refractivity contribution in [2.45, 2.75) is 5.92 Å². The molecule has 17 heavy (non-hydrogen) atoms. The van der Waals surface area contributed by atoms with Gasteiger partial charge >= 0.3 is 0 Å². The first-order valence-corrected chi connectivity index (χ1v) is 5.33. The number of rotatable bonds is 3. The minimum absolute atomic E-state index is 0.187. The molecule has 1 heterocycles. The molecule has 0 spiro atoms. The molecule has 84 valence electrons. The van der Waals surface area contributed by atoms with E-state index in [1.807, 2.05) is 6.07 Å². The molecule has 4 heteroatoms. The summed E-state index contributed by atoms with van der Waals surface area (Å²) < 4.78 is 5.00. The molecule has 1 aromatic carbocycles. The standard InChI is InChI=1S/C13H8ClNO2/c14-10-5-3-9(4-6-10)11(8-15)13(16)12-2-1-7-17-12/h1-7,11H/t11-/m1/s1. The Morgan fingerprint density at radius 2 is 2.00 bits per heavy atom. The van der Waals surface area contributed by atoms with Gasteiger partial charge in [-0.2, -0.15) is 5.26 Å². The minimum atomic E-state index is -0.863. The molecule has 0 aliphatic heterocycles. The van der Waals surface area contributed by atoms with E-state index in [0.717, 1.165) is 0 Å². The fraction of sp³-hybridized carbons (Fsp3) is 0.0769. The highest BCUT2D eigenvalue weighted by molar-refractivity contribution is 6.30. The highest BCUT2D eigenvalue weighted by Gasteiger charge is 2.23. The van der Waals surface area contributed by atoms with Crippen molar-refractivity contribution in [3.63, 3.8) is 0 Å². The first-order chi connectivity index (χ1) is 8.22. The van der Waals surface area contributed by atoms with E-state index >= 15 is 0 Å². The van der Waals surface area contributed by atoms with Crippen molar-refractivity contribution in [1.82, 2.24) is 0 Å². The Kier molecular flexibility index (Phi) is 3.27. The number of hydrogen-bond acceptors (Lipinski definition) is 3. The second-order valence-corrected chi connectivity index (χ2v) is 3.89. The molecule has 0 N–H and O–H groups in total. The molecule has 2 aromatic rings. The van der Waals surface area contributed by atoms with Crippen LogP contribution >= 0.6 is 11.6 Å². The van der Waals surface area contributed by atoms with Crippen molar-refractivity contribution in [2.24, 2.45) is 0 Å². The van der Waals surface area contributed by atoms with Crippen molar-refractivity contribution >= 4 is 17.4 Å². The van der Waals surface area contributed by atoms with Gasteiger partial charge in [-0.3, -0.25) is 4.79 Å². The first kappa shape index (κ1) is 11.4. The number of halogens is 1. The molecule has 0 fully saturated rings. The number of ketones is 1. The molecule has 1 atom stereocenters. The number of nitriles is 1. The van der Waals surface area contributed by atoms with Gasteiger partial charge in [-0.25, -0.2) is 0 Å². The molecular weight excluding hydrogens is 238 g/mol. The van der Waals surface area contributed by atoms with E-state index in [2.05, 4.69) is 0 Å². The summed E-state index contributed by atoms with van der Waals surface area (Å²) in [6.45, 7) is 0. The summed E-state index contributed by atoms with van der Waals surface area (Å²) in [6, 6.07) is 11.8. The van der Waals surface area contributed by atoms with Crippen LogP contribution in [0.15, 0.2) is 47.1 Å². The summed E-state index contributed by atoms with van der Waals surface area (Å²) in [5.41, 5.74) is 0.610. The van der Waals surface area contributed by atoms with Crippen molar-refractivity contribution < 1.29 is 9.21 Å². The van der Waals surface area contributed by atoms with Crippen LogP contribution in [0.2, 0.25) is 5.02 Å². The minimum Gasteiger partial charge on any atom is -0.461 e. The lowest BCUT2D eigenvalue weighted by Crippen LogP contribution is -2.10. The monoisotopic (exact) mass is 245 g/mol. The first-order valence-electron chi connectivity index (χ1n) is 4.95. The molecule has 0 radical (unpaired) electrons. The van der Waals surface area contributed by atoms with E-state index in [1.54, 1.807) is 36.4 Å². The molecule has 1 aromatic heterocycles. The zero-order chi connectivity index (χ0) is 12.3. The van der Waals surface area contributed by atoms with Gasteiger partial charge in [0.2, 0.25) is 5.78 Å². The quantitative estimate of drug-likeness (QED) is 0.779. The maximum atomic E-state index is 12.0. The summed E-state index contributed by atoms with van der Waals surface area (Å²) in [6.07, 6.45) is 1.41. The Morgan fingerprint density at radius 3 is 2.53 bits per heavy atom. The molecule has 0 bridgehead atoms. The van der Waals surface area contributed by atoms with Crippen LogP contribution in [0.4, 0.5) is 0 Å². The topological polar surface area (TPSA) is 54.0 Å². The zero-order valence-corrected chi connectivity index (χ0v) is 9.52. The summed E-state index contributed by atoms with van der Waals surface area (Å²) in [5, 5.41) is 9.64. The lowest BCUT2D eigenvalue weighted by Gasteiger charge is -2.06. The van der Waals surface area contributed by atoms with Crippen LogP contribution < -0.4 is 0 Å². The molecule has 0 amide bonds. The predicted molar refractivity (Wildman–Crippen MR) is 62.8 cm³/mol. The number of furan rings is 1. The predicted octanol–water partition coefficient (Wildman–Crippen LogP) is 3.42. The lowest BCUT2D eigenvalue weighted by molar-refractivity contribution is 0.0952. The Hall–Kier alpha value is -2.05. The Balaban J connectivity index is 2.32. The van der Waals surface area contributed by atoms with Crippen LogP contribution in [-0.2, 0) is 0 Å². The van der Waals surface area contributed by atoms with E-state index in [4.69, 9.17) is 21.3 Å². The van der Waals surface area contributed by atoms with Crippen LogP contribution in [0.25, 0.3) is 0 Å². The smallest absolute Gasteiger partial charge is 0.219 e. The SMILES string of the molecule is N#C[C@@H](C(=O)c1ccco1)c1ccc(Cl)cc1. The molecular formula is C13H8ClNO2. The highest BCUT2D eigenvalue weighted by atomic mass is 35.5. The number of nitrogens with zero attached hydrogens (tertiary/aromatic N) is 1. The summed E-state index contributed by atoms with van der Waals surface area (Å²) >= 11 is 5.75. The van der Waals surface area contributed by atoms with Gasteiger partial charge in [0.25, 0.3) is 0 Å². The second-order valence-electron chi connectivity index (χ2n) is 3.46. The van der Waals surface area contributed by atoms with Crippen LogP contribution in [0, 0.1) is 11.3 Å². The fourth-order valence-corrected chi connectivity index (χ4v) is 1.63. The number of carbonyl (C=O) groups excluding carboxylic acids is 1.